The molecule has 0 radical (unpaired) electrons. The first-order chi connectivity index (χ1) is 8.24. The van der Waals surface area contributed by atoms with Crippen LogP contribution in [0, 0.1) is 0 Å². The van der Waals surface area contributed by atoms with Crippen molar-refractivity contribution in [2.24, 2.45) is 0 Å². The van der Waals surface area contributed by atoms with E-state index in [1.54, 1.807) is 17.4 Å². The average Bonchev–Trinajstić information content (AvgIpc) is 2.75. The van der Waals surface area contributed by atoms with Gasteiger partial charge in [0.15, 0.2) is 0 Å². The van der Waals surface area contributed by atoms with Crippen LogP contribution in [-0.4, -0.2) is 42.3 Å². The van der Waals surface area contributed by atoms with Gasteiger partial charge in [0, 0.05) is 35.5 Å². The highest BCUT2D eigenvalue weighted by Crippen LogP contribution is 2.20. The summed E-state index contributed by atoms with van der Waals surface area (Å²) in [7, 11) is 0. The Morgan fingerprint density at radius 3 is 2.94 bits per heavy atom. The monoisotopic (exact) mass is 253 g/mol. The van der Waals surface area contributed by atoms with Gasteiger partial charge >= 0.3 is 5.97 Å². The van der Waals surface area contributed by atoms with Gasteiger partial charge in [-0.25, -0.2) is 4.79 Å². The molecule has 0 amide bonds. The van der Waals surface area contributed by atoms with E-state index in [9.17, 15) is 4.79 Å². The summed E-state index contributed by atoms with van der Waals surface area (Å²) in [4.78, 5) is 15.0. The first kappa shape index (κ1) is 12.3. The summed E-state index contributed by atoms with van der Waals surface area (Å²) in [5.74, 6) is -0.909. The number of carboxylic acids is 1. The molecule has 0 spiro atoms. The third-order valence-electron chi connectivity index (χ3n) is 2.56. The lowest BCUT2D eigenvalue weighted by molar-refractivity contribution is -0.131. The molecule has 0 saturated carbocycles. The minimum atomic E-state index is -0.909. The minimum Gasteiger partial charge on any atom is -0.478 e. The summed E-state index contributed by atoms with van der Waals surface area (Å²) in [6.45, 7) is 4.47. The topological polar surface area (TPSA) is 49.8 Å². The van der Waals surface area contributed by atoms with Crippen LogP contribution in [-0.2, 0) is 16.1 Å². The molecule has 1 aromatic heterocycles. The van der Waals surface area contributed by atoms with Crippen LogP contribution < -0.4 is 0 Å². The van der Waals surface area contributed by atoms with Crippen molar-refractivity contribution in [3.05, 3.63) is 28.0 Å². The van der Waals surface area contributed by atoms with Crippen LogP contribution >= 0.6 is 11.3 Å². The quantitative estimate of drug-likeness (QED) is 0.829. The number of carboxylic acid groups (broad SMARTS) is 1. The van der Waals surface area contributed by atoms with Crippen molar-refractivity contribution in [2.75, 3.05) is 26.3 Å². The van der Waals surface area contributed by atoms with Gasteiger partial charge in [0.25, 0.3) is 0 Å². The number of carbonyl (C=O) groups is 1. The predicted octanol–water partition coefficient (Wildman–Crippen LogP) is 1.68. The minimum absolute atomic E-state index is 0.803. The molecule has 1 saturated heterocycles. The van der Waals surface area contributed by atoms with E-state index in [0.29, 0.717) is 0 Å². The highest BCUT2D eigenvalue weighted by molar-refractivity contribution is 7.12. The second kappa shape index (κ2) is 5.95. The van der Waals surface area contributed by atoms with E-state index in [4.69, 9.17) is 9.84 Å². The molecule has 1 aliphatic rings. The Kier molecular flexibility index (Phi) is 4.30. The van der Waals surface area contributed by atoms with Gasteiger partial charge in [0.05, 0.1) is 13.2 Å². The molecule has 1 fully saturated rings. The number of rotatable bonds is 4. The van der Waals surface area contributed by atoms with E-state index < -0.39 is 5.97 Å². The van der Waals surface area contributed by atoms with Crippen molar-refractivity contribution in [3.63, 3.8) is 0 Å². The summed E-state index contributed by atoms with van der Waals surface area (Å²) >= 11 is 1.64. The number of thiophene rings is 1. The Hall–Kier alpha value is -1.17. The lowest BCUT2D eigenvalue weighted by Crippen LogP contribution is -2.35. The van der Waals surface area contributed by atoms with Crippen molar-refractivity contribution < 1.29 is 14.6 Å². The zero-order chi connectivity index (χ0) is 12.1. The largest absolute Gasteiger partial charge is 0.478 e. The summed E-state index contributed by atoms with van der Waals surface area (Å²) in [5, 5.41) is 8.54. The summed E-state index contributed by atoms with van der Waals surface area (Å²) in [6.07, 6.45) is 2.81. The Morgan fingerprint density at radius 2 is 2.24 bits per heavy atom. The fourth-order valence-electron chi connectivity index (χ4n) is 1.70. The van der Waals surface area contributed by atoms with E-state index in [1.807, 2.05) is 6.07 Å². The third-order valence-corrected chi connectivity index (χ3v) is 3.59. The van der Waals surface area contributed by atoms with Gasteiger partial charge in [0.2, 0.25) is 0 Å². The molecule has 4 nitrogen and oxygen atoms in total. The van der Waals surface area contributed by atoms with Crippen LogP contribution in [0.2, 0.25) is 0 Å². The van der Waals surface area contributed by atoms with Crippen LogP contribution in [0.25, 0.3) is 6.08 Å². The molecule has 0 aliphatic carbocycles. The molecule has 0 atom stereocenters. The van der Waals surface area contributed by atoms with Gasteiger partial charge in [-0.15, -0.1) is 11.3 Å². The molecule has 2 rings (SSSR count). The molecular weight excluding hydrogens is 238 g/mol. The Morgan fingerprint density at radius 1 is 1.47 bits per heavy atom. The standard InChI is InChI=1S/C12H15NO3S/c14-12(15)4-3-10-1-2-11(17-10)9-13-5-7-16-8-6-13/h1-4H,5-9H2,(H,14,15). The number of morpholine rings is 1. The van der Waals surface area contributed by atoms with E-state index in [-0.39, 0.29) is 0 Å². The summed E-state index contributed by atoms with van der Waals surface area (Å²) in [6, 6.07) is 4.02. The van der Waals surface area contributed by atoms with Crippen molar-refractivity contribution in [1.82, 2.24) is 4.90 Å². The number of aliphatic carboxylic acids is 1. The number of nitrogens with zero attached hydrogens (tertiary/aromatic N) is 1. The van der Waals surface area contributed by atoms with E-state index >= 15 is 0 Å². The second-order valence-corrected chi connectivity index (χ2v) is 5.06. The van der Waals surface area contributed by atoms with Gasteiger partial charge in [-0.2, -0.15) is 0 Å². The first-order valence-electron chi connectivity index (χ1n) is 5.54. The van der Waals surface area contributed by atoms with E-state index in [2.05, 4.69) is 11.0 Å². The second-order valence-electron chi connectivity index (χ2n) is 3.86. The number of hydrogen-bond acceptors (Lipinski definition) is 4. The Balaban J connectivity index is 1.91. The van der Waals surface area contributed by atoms with E-state index in [0.717, 1.165) is 37.7 Å². The molecule has 1 aliphatic heterocycles. The van der Waals surface area contributed by atoms with Crippen molar-refractivity contribution >= 4 is 23.4 Å². The van der Waals surface area contributed by atoms with Gasteiger partial charge in [-0.1, -0.05) is 0 Å². The normalized spacial score (nSPS) is 17.6. The van der Waals surface area contributed by atoms with Gasteiger partial charge in [0.1, 0.15) is 0 Å². The summed E-state index contributed by atoms with van der Waals surface area (Å²) < 4.78 is 5.29. The predicted molar refractivity (Wildman–Crippen MR) is 67.1 cm³/mol. The first-order valence-corrected chi connectivity index (χ1v) is 6.35. The molecule has 17 heavy (non-hydrogen) atoms. The maximum atomic E-state index is 10.4. The lowest BCUT2D eigenvalue weighted by atomic mass is 10.3. The summed E-state index contributed by atoms with van der Waals surface area (Å²) in [5.41, 5.74) is 0. The fraction of sp³-hybridized carbons (Fsp3) is 0.417. The van der Waals surface area contributed by atoms with Crippen LogP contribution in [0.4, 0.5) is 0 Å². The van der Waals surface area contributed by atoms with E-state index in [1.165, 1.54) is 11.0 Å². The molecular formula is C12H15NO3S. The molecule has 0 bridgehead atoms. The van der Waals surface area contributed by atoms with Crippen LogP contribution in [0.5, 0.6) is 0 Å². The van der Waals surface area contributed by atoms with Gasteiger partial charge in [-0.3, -0.25) is 4.90 Å². The Labute approximate surface area is 104 Å². The molecule has 92 valence electrons. The lowest BCUT2D eigenvalue weighted by Gasteiger charge is -2.25. The molecule has 5 heteroatoms. The Bertz CT molecular complexity index is 408. The van der Waals surface area contributed by atoms with Crippen LogP contribution in [0.1, 0.15) is 9.75 Å². The maximum Gasteiger partial charge on any atom is 0.328 e. The highest BCUT2D eigenvalue weighted by atomic mass is 32.1. The molecule has 2 heterocycles. The zero-order valence-corrected chi connectivity index (χ0v) is 10.3. The smallest absolute Gasteiger partial charge is 0.328 e. The van der Waals surface area contributed by atoms with Gasteiger partial charge in [-0.05, 0) is 18.2 Å². The van der Waals surface area contributed by atoms with Crippen LogP contribution in [0.3, 0.4) is 0 Å². The number of ether oxygens (including phenoxy) is 1. The molecule has 0 unspecified atom stereocenters. The molecule has 0 aromatic carbocycles. The number of hydrogen-bond donors (Lipinski definition) is 1. The third kappa shape index (κ3) is 3.96. The molecule has 1 aromatic rings. The molecule has 1 N–H and O–H groups in total. The van der Waals surface area contributed by atoms with Crippen molar-refractivity contribution in [2.45, 2.75) is 6.54 Å². The zero-order valence-electron chi connectivity index (χ0n) is 9.46. The van der Waals surface area contributed by atoms with Crippen molar-refractivity contribution in [1.29, 1.82) is 0 Å². The highest BCUT2D eigenvalue weighted by Gasteiger charge is 2.11. The average molecular weight is 253 g/mol. The van der Waals surface area contributed by atoms with Gasteiger partial charge < -0.3 is 9.84 Å². The fourth-order valence-corrected chi connectivity index (χ4v) is 2.66. The maximum absolute atomic E-state index is 10.4. The van der Waals surface area contributed by atoms with Crippen molar-refractivity contribution in [3.8, 4) is 0 Å². The van der Waals surface area contributed by atoms with Crippen LogP contribution in [0.15, 0.2) is 18.2 Å². The SMILES string of the molecule is O=C(O)C=Cc1ccc(CN2CCOCC2)s1.